The van der Waals surface area contributed by atoms with Crippen molar-refractivity contribution in [3.05, 3.63) is 29.8 Å². The number of hydrogen-bond donors (Lipinski definition) is 1. The number of anilines is 1. The predicted octanol–water partition coefficient (Wildman–Crippen LogP) is 4.50. The first-order chi connectivity index (χ1) is 7.75. The van der Waals surface area contributed by atoms with E-state index in [1.165, 1.54) is 11.3 Å². The molecule has 1 aromatic rings. The van der Waals surface area contributed by atoms with Crippen LogP contribution in [0, 0.1) is 6.92 Å². The van der Waals surface area contributed by atoms with Crippen LogP contribution in [-0.2, 0) is 0 Å². The molecule has 1 N–H and O–H groups in total. The fourth-order valence-corrected chi connectivity index (χ4v) is 1.42. The number of nitrogens with zero attached hydrogens (tertiary/aromatic N) is 1. The summed E-state index contributed by atoms with van der Waals surface area (Å²) in [6, 6.07) is 8.39. The van der Waals surface area contributed by atoms with Crippen molar-refractivity contribution in [2.45, 2.75) is 55.6 Å². The Morgan fingerprint density at radius 3 is 1.67 bits per heavy atom. The Bertz CT molecular complexity index is 263. The quantitative estimate of drug-likeness (QED) is 0.798. The highest BCUT2D eigenvalue weighted by molar-refractivity contribution is 5.49. The Balaban J connectivity index is -0.000000344. The van der Waals surface area contributed by atoms with E-state index in [9.17, 15) is 0 Å². The summed E-state index contributed by atoms with van der Waals surface area (Å²) < 4.78 is 0. The lowest BCUT2D eigenvalue weighted by atomic mass is 10.1. The van der Waals surface area contributed by atoms with Crippen molar-refractivity contribution in [3.63, 3.8) is 0 Å². The van der Waals surface area contributed by atoms with E-state index < -0.39 is 0 Å². The number of β-amino-alcohol motifs (C(OH)–C–C–N with tert-alkyl or cyclic N) is 1. The Morgan fingerprint density at radius 1 is 0.944 bits per heavy atom. The average molecular weight is 255 g/mol. The van der Waals surface area contributed by atoms with Crippen LogP contribution in [0.4, 0.5) is 5.69 Å². The van der Waals surface area contributed by atoms with Gasteiger partial charge in [0.15, 0.2) is 0 Å². The van der Waals surface area contributed by atoms with Gasteiger partial charge in [0, 0.05) is 18.8 Å². The summed E-state index contributed by atoms with van der Waals surface area (Å²) in [5.74, 6) is 0. The van der Waals surface area contributed by atoms with Gasteiger partial charge < -0.3 is 10.0 Å². The van der Waals surface area contributed by atoms with Gasteiger partial charge in [-0.3, -0.25) is 0 Å². The van der Waals surface area contributed by atoms with Gasteiger partial charge in [0.2, 0.25) is 0 Å². The first kappa shape index (κ1) is 22.2. The normalized spacial score (nSPS) is 12.4. The fourth-order valence-electron chi connectivity index (χ4n) is 1.42. The first-order valence-electron chi connectivity index (χ1n) is 6.25. The van der Waals surface area contributed by atoms with Crippen molar-refractivity contribution in [2.75, 3.05) is 18.0 Å². The molecule has 0 aliphatic carbocycles. The summed E-state index contributed by atoms with van der Waals surface area (Å²) in [6.45, 7) is 11.6. The molecule has 2 heteroatoms. The highest BCUT2D eigenvalue weighted by Gasteiger charge is 2.23. The van der Waals surface area contributed by atoms with Gasteiger partial charge in [-0.15, -0.1) is 0 Å². The van der Waals surface area contributed by atoms with E-state index >= 15 is 0 Å². The first-order valence-corrected chi connectivity index (χ1v) is 6.25. The second kappa shape index (κ2) is 12.4. The SMILES string of the molecule is C.C.CC.CC.Cc1ccc(N2CC(O)C2)cc1. The van der Waals surface area contributed by atoms with E-state index in [-0.39, 0.29) is 21.0 Å². The maximum atomic E-state index is 9.09. The van der Waals surface area contributed by atoms with E-state index in [1.54, 1.807) is 0 Å². The van der Waals surface area contributed by atoms with Crippen LogP contribution in [0.25, 0.3) is 0 Å². The molecule has 2 rings (SSSR count). The van der Waals surface area contributed by atoms with Crippen molar-refractivity contribution in [1.29, 1.82) is 0 Å². The van der Waals surface area contributed by atoms with Crippen molar-refractivity contribution >= 4 is 5.69 Å². The van der Waals surface area contributed by atoms with Gasteiger partial charge in [-0.25, -0.2) is 0 Å². The molecule has 0 radical (unpaired) electrons. The molecule has 0 aromatic heterocycles. The zero-order chi connectivity index (χ0) is 12.6. The largest absolute Gasteiger partial charge is 0.389 e. The molecule has 0 unspecified atom stereocenters. The number of aliphatic hydroxyl groups excluding tert-OH is 1. The maximum absolute atomic E-state index is 9.09. The Kier molecular flexibility index (Phi) is 15.3. The zero-order valence-corrected chi connectivity index (χ0v) is 11.2. The van der Waals surface area contributed by atoms with Crippen molar-refractivity contribution in [1.82, 2.24) is 0 Å². The number of rotatable bonds is 1. The smallest absolute Gasteiger partial charge is 0.0889 e. The van der Waals surface area contributed by atoms with Gasteiger partial charge in [0.05, 0.1) is 6.10 Å². The van der Waals surface area contributed by atoms with E-state index in [0.29, 0.717) is 0 Å². The number of hydrogen-bond acceptors (Lipinski definition) is 2. The second-order valence-corrected chi connectivity index (χ2v) is 3.39. The molecule has 1 aliphatic heterocycles. The van der Waals surface area contributed by atoms with Gasteiger partial charge >= 0.3 is 0 Å². The monoisotopic (exact) mass is 255 g/mol. The molecular weight excluding hydrogens is 222 g/mol. The van der Waals surface area contributed by atoms with Crippen LogP contribution in [0.1, 0.15) is 48.1 Å². The number of benzene rings is 1. The van der Waals surface area contributed by atoms with E-state index in [2.05, 4.69) is 36.1 Å². The maximum Gasteiger partial charge on any atom is 0.0889 e. The molecule has 1 heterocycles. The van der Waals surface area contributed by atoms with Gasteiger partial charge in [-0.05, 0) is 19.1 Å². The minimum Gasteiger partial charge on any atom is -0.389 e. The van der Waals surface area contributed by atoms with Crippen LogP contribution in [-0.4, -0.2) is 24.3 Å². The number of aryl methyl sites for hydroxylation is 1. The van der Waals surface area contributed by atoms with E-state index in [0.717, 1.165) is 13.1 Å². The standard InChI is InChI=1S/C10H13NO.2C2H6.2CH4/c1-8-2-4-9(5-3-8)11-6-10(12)7-11;2*1-2;;/h2-5,10,12H,6-7H2,1H3;2*1-2H3;2*1H4. The summed E-state index contributed by atoms with van der Waals surface area (Å²) in [4.78, 5) is 2.17. The summed E-state index contributed by atoms with van der Waals surface area (Å²) in [5, 5.41) is 9.09. The summed E-state index contributed by atoms with van der Waals surface area (Å²) in [6.07, 6.45) is -0.119. The van der Waals surface area contributed by atoms with Crippen molar-refractivity contribution in [2.24, 2.45) is 0 Å². The molecule has 2 nitrogen and oxygen atoms in total. The average Bonchev–Trinajstić information content (AvgIpc) is 2.32. The topological polar surface area (TPSA) is 23.5 Å². The molecule has 1 aromatic carbocycles. The Hall–Kier alpha value is -1.02. The van der Waals surface area contributed by atoms with E-state index in [1.807, 2.05) is 27.7 Å². The third-order valence-corrected chi connectivity index (χ3v) is 2.26. The lowest BCUT2D eigenvalue weighted by Crippen LogP contribution is -2.50. The molecule has 0 saturated carbocycles. The van der Waals surface area contributed by atoms with Gasteiger partial charge in [0.25, 0.3) is 0 Å². The van der Waals surface area contributed by atoms with Crippen LogP contribution >= 0.6 is 0 Å². The van der Waals surface area contributed by atoms with Crippen LogP contribution < -0.4 is 4.90 Å². The molecule has 0 spiro atoms. The van der Waals surface area contributed by atoms with Crippen molar-refractivity contribution < 1.29 is 5.11 Å². The molecule has 0 amide bonds. The van der Waals surface area contributed by atoms with Gasteiger partial charge in [0.1, 0.15) is 0 Å². The Labute approximate surface area is 115 Å². The predicted molar refractivity (Wildman–Crippen MR) is 85.6 cm³/mol. The summed E-state index contributed by atoms with van der Waals surface area (Å²) >= 11 is 0. The fraction of sp³-hybridized carbons (Fsp3) is 0.625. The highest BCUT2D eigenvalue weighted by atomic mass is 16.3. The second-order valence-electron chi connectivity index (χ2n) is 3.39. The number of aliphatic hydroxyl groups is 1. The molecule has 1 aliphatic rings. The lowest BCUT2D eigenvalue weighted by Gasteiger charge is -2.37. The summed E-state index contributed by atoms with van der Waals surface area (Å²) in [5.41, 5.74) is 2.49. The molecule has 0 atom stereocenters. The molecular formula is C16H33NO. The third-order valence-electron chi connectivity index (χ3n) is 2.26. The third kappa shape index (κ3) is 6.65. The molecule has 108 valence electrons. The minimum absolute atomic E-state index is 0. The lowest BCUT2D eigenvalue weighted by molar-refractivity contribution is 0.142. The van der Waals surface area contributed by atoms with Crippen molar-refractivity contribution in [3.8, 4) is 0 Å². The molecule has 1 fully saturated rings. The molecule has 0 bridgehead atoms. The van der Waals surface area contributed by atoms with Crippen LogP contribution in [0.2, 0.25) is 0 Å². The van der Waals surface area contributed by atoms with Crippen LogP contribution in [0.5, 0.6) is 0 Å². The summed E-state index contributed by atoms with van der Waals surface area (Å²) in [7, 11) is 0. The van der Waals surface area contributed by atoms with Crippen LogP contribution in [0.3, 0.4) is 0 Å². The zero-order valence-electron chi connectivity index (χ0n) is 11.2. The molecule has 18 heavy (non-hydrogen) atoms. The van der Waals surface area contributed by atoms with Gasteiger partial charge in [-0.2, -0.15) is 0 Å². The van der Waals surface area contributed by atoms with Crippen LogP contribution in [0.15, 0.2) is 24.3 Å². The highest BCUT2D eigenvalue weighted by Crippen LogP contribution is 2.20. The Morgan fingerprint density at radius 2 is 1.33 bits per heavy atom. The minimum atomic E-state index is -0.119. The van der Waals surface area contributed by atoms with Gasteiger partial charge in [-0.1, -0.05) is 60.2 Å². The molecule has 1 saturated heterocycles. The van der Waals surface area contributed by atoms with E-state index in [4.69, 9.17) is 5.11 Å².